The van der Waals surface area contributed by atoms with Crippen molar-refractivity contribution in [3.8, 4) is 0 Å². The Bertz CT molecular complexity index is 522. The molecule has 0 saturated carbocycles. The minimum Gasteiger partial charge on any atom is -0.481 e. The molecule has 1 aromatic rings. The minimum absolute atomic E-state index is 0.179. The average Bonchev–Trinajstić information content (AvgIpc) is 2.43. The Hall–Kier alpha value is -1.88. The van der Waals surface area contributed by atoms with Crippen molar-refractivity contribution in [2.45, 2.75) is 38.2 Å². The summed E-state index contributed by atoms with van der Waals surface area (Å²) in [6.45, 7) is 2.49. The van der Waals surface area contributed by atoms with E-state index >= 15 is 0 Å². The SMILES string of the molecule is CCCCC(CC(=O)O)(C[N+](C)(C)C)OC(=O)c1ccccc1. The van der Waals surface area contributed by atoms with Crippen molar-refractivity contribution in [1.82, 2.24) is 0 Å². The average molecular weight is 322 g/mol. The van der Waals surface area contributed by atoms with E-state index in [-0.39, 0.29) is 6.42 Å². The van der Waals surface area contributed by atoms with Gasteiger partial charge in [-0.3, -0.25) is 4.79 Å². The van der Waals surface area contributed by atoms with Crippen LogP contribution in [0.25, 0.3) is 0 Å². The predicted octanol–water partition coefficient (Wildman–Crippen LogP) is 2.95. The van der Waals surface area contributed by atoms with E-state index in [1.807, 2.05) is 34.1 Å². The molecule has 0 saturated heterocycles. The molecule has 128 valence electrons. The highest BCUT2D eigenvalue weighted by Crippen LogP contribution is 2.28. The van der Waals surface area contributed by atoms with E-state index in [4.69, 9.17) is 4.74 Å². The summed E-state index contributed by atoms with van der Waals surface area (Å²) in [5.41, 5.74) is -0.548. The topological polar surface area (TPSA) is 63.6 Å². The smallest absolute Gasteiger partial charge is 0.338 e. The number of unbranched alkanes of at least 4 members (excludes halogenated alkanes) is 1. The Balaban J connectivity index is 3.08. The zero-order valence-electron chi connectivity index (χ0n) is 14.5. The van der Waals surface area contributed by atoms with Gasteiger partial charge in [-0.2, -0.15) is 0 Å². The number of aliphatic carboxylic acids is 1. The molecule has 1 N–H and O–H groups in total. The van der Waals surface area contributed by atoms with Crippen LogP contribution < -0.4 is 0 Å². The molecular formula is C18H28NO4+. The highest BCUT2D eigenvalue weighted by atomic mass is 16.6. The number of carbonyl (C=O) groups excluding carboxylic acids is 1. The molecule has 0 aliphatic rings. The van der Waals surface area contributed by atoms with Crippen molar-refractivity contribution in [3.63, 3.8) is 0 Å². The number of rotatable bonds is 9. The lowest BCUT2D eigenvalue weighted by atomic mass is 9.91. The van der Waals surface area contributed by atoms with E-state index in [1.165, 1.54) is 0 Å². The second-order valence-electron chi connectivity index (χ2n) is 7.06. The second kappa shape index (κ2) is 8.11. The lowest BCUT2D eigenvalue weighted by Crippen LogP contribution is -2.52. The molecule has 1 rings (SSSR count). The molecule has 1 aromatic carbocycles. The number of carbonyl (C=O) groups is 2. The van der Waals surface area contributed by atoms with Gasteiger partial charge in [0.2, 0.25) is 0 Å². The number of hydrogen-bond acceptors (Lipinski definition) is 3. The number of nitrogens with zero attached hydrogens (tertiary/aromatic N) is 1. The summed E-state index contributed by atoms with van der Waals surface area (Å²) in [6, 6.07) is 8.71. The van der Waals surface area contributed by atoms with Gasteiger partial charge in [0.25, 0.3) is 0 Å². The van der Waals surface area contributed by atoms with Crippen molar-refractivity contribution in [2.24, 2.45) is 0 Å². The third kappa shape index (κ3) is 6.82. The summed E-state index contributed by atoms with van der Waals surface area (Å²) in [7, 11) is 5.91. The van der Waals surface area contributed by atoms with Crippen LogP contribution >= 0.6 is 0 Å². The van der Waals surface area contributed by atoms with Gasteiger partial charge < -0.3 is 14.3 Å². The molecule has 0 aliphatic heterocycles. The van der Waals surface area contributed by atoms with Crippen LogP contribution in [-0.4, -0.2) is 54.8 Å². The van der Waals surface area contributed by atoms with Crippen LogP contribution in [0.15, 0.2) is 30.3 Å². The van der Waals surface area contributed by atoms with Gasteiger partial charge in [-0.25, -0.2) is 4.79 Å². The van der Waals surface area contributed by atoms with E-state index in [0.717, 1.165) is 12.8 Å². The monoisotopic (exact) mass is 322 g/mol. The lowest BCUT2D eigenvalue weighted by Gasteiger charge is -2.38. The van der Waals surface area contributed by atoms with Crippen LogP contribution in [0.1, 0.15) is 43.0 Å². The van der Waals surface area contributed by atoms with E-state index in [9.17, 15) is 14.7 Å². The molecule has 0 heterocycles. The zero-order valence-corrected chi connectivity index (χ0v) is 14.5. The maximum atomic E-state index is 12.5. The predicted molar refractivity (Wildman–Crippen MR) is 89.3 cm³/mol. The maximum absolute atomic E-state index is 12.5. The quantitative estimate of drug-likeness (QED) is 0.561. The molecule has 23 heavy (non-hydrogen) atoms. The van der Waals surface area contributed by atoms with E-state index in [0.29, 0.717) is 23.0 Å². The molecule has 1 unspecified atom stereocenters. The third-order valence-corrected chi connectivity index (χ3v) is 3.54. The first-order chi connectivity index (χ1) is 10.7. The summed E-state index contributed by atoms with van der Waals surface area (Å²) in [5.74, 6) is -1.41. The molecule has 1 atom stereocenters. The maximum Gasteiger partial charge on any atom is 0.338 e. The minimum atomic E-state index is -0.993. The summed E-state index contributed by atoms with van der Waals surface area (Å²) >= 11 is 0. The Morgan fingerprint density at radius 2 is 1.78 bits per heavy atom. The number of benzene rings is 1. The van der Waals surface area contributed by atoms with Gasteiger partial charge in [-0.05, 0) is 25.0 Å². The molecule has 5 heteroatoms. The van der Waals surface area contributed by atoms with Crippen LogP contribution in [0.5, 0.6) is 0 Å². The van der Waals surface area contributed by atoms with Crippen molar-refractivity contribution < 1.29 is 23.9 Å². The normalized spacial score (nSPS) is 14.1. The number of likely N-dealkylation sites (N-methyl/N-ethyl adjacent to an activating group) is 1. The molecule has 5 nitrogen and oxygen atoms in total. The van der Waals surface area contributed by atoms with Gasteiger partial charge in [0.1, 0.15) is 6.54 Å². The van der Waals surface area contributed by atoms with E-state index in [2.05, 4.69) is 0 Å². The van der Waals surface area contributed by atoms with Crippen molar-refractivity contribution in [1.29, 1.82) is 0 Å². The number of hydrogen-bond donors (Lipinski definition) is 1. The van der Waals surface area contributed by atoms with Gasteiger partial charge in [-0.1, -0.05) is 31.5 Å². The first kappa shape index (κ1) is 19.2. The zero-order chi connectivity index (χ0) is 17.5. The van der Waals surface area contributed by atoms with Crippen LogP contribution in [0, 0.1) is 0 Å². The number of ether oxygens (including phenoxy) is 1. The molecule has 0 aromatic heterocycles. The van der Waals surface area contributed by atoms with E-state index < -0.39 is 17.5 Å². The largest absolute Gasteiger partial charge is 0.481 e. The first-order valence-corrected chi connectivity index (χ1v) is 7.98. The summed E-state index contributed by atoms with van der Waals surface area (Å²) < 4.78 is 6.30. The molecule has 0 amide bonds. The molecule has 0 aliphatic carbocycles. The Labute approximate surface area is 138 Å². The third-order valence-electron chi connectivity index (χ3n) is 3.54. The highest BCUT2D eigenvalue weighted by molar-refractivity contribution is 5.89. The number of esters is 1. The summed E-state index contributed by atoms with van der Waals surface area (Å²) in [6.07, 6.45) is 2.10. The highest BCUT2D eigenvalue weighted by Gasteiger charge is 2.41. The number of carboxylic acids is 1. The van der Waals surface area contributed by atoms with Crippen molar-refractivity contribution in [3.05, 3.63) is 35.9 Å². The first-order valence-electron chi connectivity index (χ1n) is 7.98. The van der Waals surface area contributed by atoms with Gasteiger partial charge in [0.05, 0.1) is 33.1 Å². The van der Waals surface area contributed by atoms with Gasteiger partial charge in [0, 0.05) is 0 Å². The Kier molecular flexibility index (Phi) is 6.76. The van der Waals surface area contributed by atoms with Crippen LogP contribution in [-0.2, 0) is 9.53 Å². The van der Waals surface area contributed by atoms with Gasteiger partial charge >= 0.3 is 11.9 Å². The molecule has 0 spiro atoms. The number of quaternary nitrogens is 1. The standard InChI is InChI=1S/C18H27NO4/c1-5-6-12-18(13-16(20)21,14-19(2,3)4)23-17(22)15-10-8-7-9-11-15/h7-11H,5-6,12-14H2,1-4H3/p+1. The molecule has 0 radical (unpaired) electrons. The Morgan fingerprint density at radius 1 is 1.17 bits per heavy atom. The van der Waals surface area contributed by atoms with Crippen molar-refractivity contribution >= 4 is 11.9 Å². The molecule has 0 bridgehead atoms. The van der Waals surface area contributed by atoms with Gasteiger partial charge in [0.15, 0.2) is 5.60 Å². The second-order valence-corrected chi connectivity index (χ2v) is 7.06. The fraction of sp³-hybridized carbons (Fsp3) is 0.556. The van der Waals surface area contributed by atoms with Crippen LogP contribution in [0.4, 0.5) is 0 Å². The number of carboxylic acid groups (broad SMARTS) is 1. The van der Waals surface area contributed by atoms with Crippen LogP contribution in [0.2, 0.25) is 0 Å². The summed E-state index contributed by atoms with van der Waals surface area (Å²) in [4.78, 5) is 23.9. The van der Waals surface area contributed by atoms with E-state index in [1.54, 1.807) is 24.3 Å². The lowest BCUT2D eigenvalue weighted by molar-refractivity contribution is -0.876. The molecular weight excluding hydrogens is 294 g/mol. The fourth-order valence-corrected chi connectivity index (χ4v) is 2.81. The van der Waals surface area contributed by atoms with Gasteiger partial charge in [-0.15, -0.1) is 0 Å². The summed E-state index contributed by atoms with van der Waals surface area (Å²) in [5, 5.41) is 9.33. The van der Waals surface area contributed by atoms with Crippen LogP contribution in [0.3, 0.4) is 0 Å². The Morgan fingerprint density at radius 3 is 2.26 bits per heavy atom. The fourth-order valence-electron chi connectivity index (χ4n) is 2.81. The van der Waals surface area contributed by atoms with Crippen molar-refractivity contribution in [2.75, 3.05) is 27.7 Å². The molecule has 0 fully saturated rings.